The maximum atomic E-state index is 13.4. The molecule has 0 saturated heterocycles. The molecule has 0 aliphatic heterocycles. The third-order valence-electron chi connectivity index (χ3n) is 2.81. The van der Waals surface area contributed by atoms with Gasteiger partial charge in [0.2, 0.25) is 5.95 Å². The maximum absolute atomic E-state index is 13.4. The van der Waals surface area contributed by atoms with Crippen LogP contribution < -0.4 is 5.73 Å². The van der Waals surface area contributed by atoms with Crippen LogP contribution in [0.5, 0.6) is 0 Å². The van der Waals surface area contributed by atoms with Gasteiger partial charge in [-0.05, 0) is 24.3 Å². The van der Waals surface area contributed by atoms with Gasteiger partial charge in [0.15, 0.2) is 11.6 Å². The van der Waals surface area contributed by atoms with E-state index in [4.69, 9.17) is 5.73 Å². The van der Waals surface area contributed by atoms with Gasteiger partial charge < -0.3 is 5.73 Å². The summed E-state index contributed by atoms with van der Waals surface area (Å²) in [5, 5.41) is 0. The third-order valence-corrected chi connectivity index (χ3v) is 3.34. The van der Waals surface area contributed by atoms with E-state index in [1.54, 1.807) is 4.57 Å². The van der Waals surface area contributed by atoms with Crippen LogP contribution in [0.1, 0.15) is 0 Å². The molecule has 0 unspecified atom stereocenters. The Kier molecular flexibility index (Phi) is 2.74. The fraction of sp³-hybridized carbons (Fsp3) is 0. The molecule has 0 aliphatic carbocycles. The molecule has 0 atom stereocenters. The van der Waals surface area contributed by atoms with Gasteiger partial charge in [0, 0.05) is 22.3 Å². The van der Waals surface area contributed by atoms with Gasteiger partial charge in [0.25, 0.3) is 0 Å². The Morgan fingerprint density at radius 1 is 1.05 bits per heavy atom. The summed E-state index contributed by atoms with van der Waals surface area (Å²) in [5.41, 5.74) is 7.30. The number of nitrogens with zero attached hydrogens (tertiary/aromatic N) is 2. The lowest BCUT2D eigenvalue weighted by Gasteiger charge is -2.06. The molecule has 96 valence electrons. The number of nitrogen functional groups attached to an aromatic ring is 1. The highest BCUT2D eigenvalue weighted by atomic mass is 79.9. The van der Waals surface area contributed by atoms with Crippen molar-refractivity contribution in [3.63, 3.8) is 0 Å². The summed E-state index contributed by atoms with van der Waals surface area (Å²) < 4.78 is 29.0. The van der Waals surface area contributed by atoms with E-state index in [1.807, 2.05) is 24.3 Å². The number of rotatable bonds is 1. The maximum Gasteiger partial charge on any atom is 0.205 e. The van der Waals surface area contributed by atoms with Crippen LogP contribution in [0.2, 0.25) is 0 Å². The average molecular weight is 324 g/mol. The summed E-state index contributed by atoms with van der Waals surface area (Å²) in [6.07, 6.45) is 0. The van der Waals surface area contributed by atoms with Crippen molar-refractivity contribution in [2.24, 2.45) is 0 Å². The Labute approximate surface area is 115 Å². The van der Waals surface area contributed by atoms with Crippen LogP contribution in [0.4, 0.5) is 14.7 Å². The lowest BCUT2D eigenvalue weighted by molar-refractivity contribution is 0.510. The number of halogens is 3. The topological polar surface area (TPSA) is 43.8 Å². The number of aromatic nitrogens is 2. The number of benzene rings is 2. The summed E-state index contributed by atoms with van der Waals surface area (Å²) in [5.74, 6) is -1.68. The summed E-state index contributed by atoms with van der Waals surface area (Å²) in [6, 6.07) is 9.42. The van der Waals surface area contributed by atoms with Crippen molar-refractivity contribution in [1.82, 2.24) is 9.55 Å². The monoisotopic (exact) mass is 323 g/mol. The molecule has 1 heterocycles. The molecular formula is C13H8BrF2N3. The van der Waals surface area contributed by atoms with Crippen LogP contribution >= 0.6 is 15.9 Å². The Morgan fingerprint density at radius 3 is 2.37 bits per heavy atom. The lowest BCUT2D eigenvalue weighted by Crippen LogP contribution is -2.00. The molecule has 2 N–H and O–H groups in total. The van der Waals surface area contributed by atoms with Crippen molar-refractivity contribution in [2.45, 2.75) is 0 Å². The average Bonchev–Trinajstić information content (AvgIpc) is 2.67. The first kappa shape index (κ1) is 12.1. The first-order valence-corrected chi connectivity index (χ1v) is 6.24. The molecule has 0 bridgehead atoms. The zero-order valence-electron chi connectivity index (χ0n) is 9.57. The minimum atomic E-state index is -0.937. The number of nitrogens with two attached hydrogens (primary N) is 1. The van der Waals surface area contributed by atoms with E-state index in [9.17, 15) is 8.78 Å². The van der Waals surface area contributed by atoms with Gasteiger partial charge in [-0.3, -0.25) is 4.57 Å². The zero-order chi connectivity index (χ0) is 13.6. The molecule has 3 nitrogen and oxygen atoms in total. The first-order valence-electron chi connectivity index (χ1n) is 5.45. The summed E-state index contributed by atoms with van der Waals surface area (Å²) in [4.78, 5) is 4.04. The Hall–Kier alpha value is -1.95. The second-order valence-corrected chi connectivity index (χ2v) is 4.95. The molecule has 0 aliphatic rings. The number of hydrogen-bond donors (Lipinski definition) is 1. The molecule has 0 saturated carbocycles. The number of imidazole rings is 1. The van der Waals surface area contributed by atoms with Crippen molar-refractivity contribution in [2.75, 3.05) is 5.73 Å². The van der Waals surface area contributed by atoms with E-state index < -0.39 is 11.6 Å². The molecule has 2 aromatic carbocycles. The van der Waals surface area contributed by atoms with Gasteiger partial charge in [0.05, 0.1) is 11.0 Å². The molecule has 0 radical (unpaired) electrons. The van der Waals surface area contributed by atoms with Gasteiger partial charge in [-0.1, -0.05) is 15.9 Å². The molecule has 0 fully saturated rings. The molecule has 3 aromatic rings. The van der Waals surface area contributed by atoms with Crippen molar-refractivity contribution in [1.29, 1.82) is 0 Å². The summed E-state index contributed by atoms with van der Waals surface area (Å²) >= 11 is 3.33. The van der Waals surface area contributed by atoms with Crippen LogP contribution in [0.3, 0.4) is 0 Å². The highest BCUT2D eigenvalue weighted by molar-refractivity contribution is 9.10. The minimum absolute atomic E-state index is 0.183. The normalized spacial score (nSPS) is 11.1. The van der Waals surface area contributed by atoms with Crippen molar-refractivity contribution >= 4 is 32.9 Å². The van der Waals surface area contributed by atoms with Crippen LogP contribution in [-0.4, -0.2) is 9.55 Å². The molecular weight excluding hydrogens is 316 g/mol. The Balaban J connectivity index is 2.31. The molecule has 19 heavy (non-hydrogen) atoms. The van der Waals surface area contributed by atoms with Gasteiger partial charge in [-0.25, -0.2) is 13.8 Å². The van der Waals surface area contributed by atoms with E-state index in [0.29, 0.717) is 11.0 Å². The van der Waals surface area contributed by atoms with Crippen LogP contribution in [0.15, 0.2) is 40.9 Å². The van der Waals surface area contributed by atoms with Crippen molar-refractivity contribution in [3.8, 4) is 5.69 Å². The molecule has 6 heteroatoms. The van der Waals surface area contributed by atoms with Crippen molar-refractivity contribution < 1.29 is 8.78 Å². The summed E-state index contributed by atoms with van der Waals surface area (Å²) in [6.45, 7) is 0. The molecule has 0 spiro atoms. The molecule has 0 amide bonds. The standard InChI is InChI=1S/C13H8BrF2N3/c14-7-1-3-8(4-2-7)19-12-6-10(16)9(15)5-11(12)18-13(19)17/h1-6H,(H2,17,18). The van der Waals surface area contributed by atoms with E-state index in [0.717, 1.165) is 22.3 Å². The number of hydrogen-bond acceptors (Lipinski definition) is 2. The fourth-order valence-electron chi connectivity index (χ4n) is 1.95. The third kappa shape index (κ3) is 1.98. The highest BCUT2D eigenvalue weighted by Gasteiger charge is 2.13. The van der Waals surface area contributed by atoms with Crippen LogP contribution in [0.25, 0.3) is 16.7 Å². The fourth-order valence-corrected chi connectivity index (χ4v) is 2.22. The van der Waals surface area contributed by atoms with Crippen LogP contribution in [0, 0.1) is 11.6 Å². The Morgan fingerprint density at radius 2 is 1.68 bits per heavy atom. The smallest absolute Gasteiger partial charge is 0.205 e. The second-order valence-electron chi connectivity index (χ2n) is 4.04. The highest BCUT2D eigenvalue weighted by Crippen LogP contribution is 2.25. The van der Waals surface area contributed by atoms with E-state index in [1.165, 1.54) is 0 Å². The predicted octanol–water partition coefficient (Wildman–Crippen LogP) is 3.65. The van der Waals surface area contributed by atoms with Crippen LogP contribution in [-0.2, 0) is 0 Å². The van der Waals surface area contributed by atoms with Gasteiger partial charge in [-0.2, -0.15) is 0 Å². The minimum Gasteiger partial charge on any atom is -0.369 e. The Bertz CT molecular complexity index is 766. The number of fused-ring (bicyclic) bond motifs is 1. The quantitative estimate of drug-likeness (QED) is 0.742. The van der Waals surface area contributed by atoms with E-state index in [2.05, 4.69) is 20.9 Å². The molecule has 3 rings (SSSR count). The number of anilines is 1. The lowest BCUT2D eigenvalue weighted by atomic mass is 10.2. The largest absolute Gasteiger partial charge is 0.369 e. The van der Waals surface area contributed by atoms with Gasteiger partial charge >= 0.3 is 0 Å². The predicted molar refractivity (Wildman–Crippen MR) is 73.1 cm³/mol. The van der Waals surface area contributed by atoms with Crippen molar-refractivity contribution in [3.05, 3.63) is 52.5 Å². The summed E-state index contributed by atoms with van der Waals surface area (Å²) in [7, 11) is 0. The first-order chi connectivity index (χ1) is 9.06. The second kappa shape index (κ2) is 4.31. The SMILES string of the molecule is Nc1nc2cc(F)c(F)cc2n1-c1ccc(Br)cc1. The van der Waals surface area contributed by atoms with Gasteiger partial charge in [-0.15, -0.1) is 0 Å². The zero-order valence-corrected chi connectivity index (χ0v) is 11.2. The molecule has 1 aromatic heterocycles. The van der Waals surface area contributed by atoms with E-state index >= 15 is 0 Å². The van der Waals surface area contributed by atoms with Gasteiger partial charge in [0.1, 0.15) is 0 Å². The van der Waals surface area contributed by atoms with E-state index in [-0.39, 0.29) is 5.95 Å².